The van der Waals surface area contributed by atoms with Crippen LogP contribution in [0, 0.1) is 0 Å². The third-order valence-electron chi connectivity index (χ3n) is 7.68. The van der Waals surface area contributed by atoms with E-state index in [-0.39, 0.29) is 30.0 Å². The first-order valence-corrected chi connectivity index (χ1v) is 14.1. The monoisotopic (exact) mass is 570 g/mol. The fraction of sp³-hybridized carbons (Fsp3) is 0.556. The van der Waals surface area contributed by atoms with Crippen LogP contribution in [0.2, 0.25) is 0 Å². The van der Waals surface area contributed by atoms with Crippen LogP contribution in [-0.4, -0.2) is 91.2 Å². The Hall–Kier alpha value is -2.94. The summed E-state index contributed by atoms with van der Waals surface area (Å²) >= 11 is 5.43. The number of aromatic nitrogens is 4. The topological polar surface area (TPSA) is 145 Å². The van der Waals surface area contributed by atoms with Crippen molar-refractivity contribution in [2.75, 3.05) is 25.1 Å². The summed E-state index contributed by atoms with van der Waals surface area (Å²) in [4.78, 5) is 13.1. The SMILES string of the molecule is O[C@@H]1[C@@H](COC(=S)N[C@@H]2CCC[C@H]2OCc2ccccc2)OC(n2cnc3c(N[C@@H]4CCOC4)ncnc32)[C@@H]1O. The van der Waals surface area contributed by atoms with Gasteiger partial charge < -0.3 is 39.8 Å². The number of anilines is 1. The van der Waals surface area contributed by atoms with Crippen LogP contribution in [0.1, 0.15) is 37.5 Å². The lowest BCUT2D eigenvalue weighted by atomic mass is 10.1. The van der Waals surface area contributed by atoms with Crippen molar-refractivity contribution < 1.29 is 29.2 Å². The summed E-state index contributed by atoms with van der Waals surface area (Å²) in [6.45, 7) is 1.81. The highest BCUT2D eigenvalue weighted by molar-refractivity contribution is 7.80. The standard InChI is InChI=1S/C27H34N6O6S/c34-22-20(13-38-27(40)32-18-7-4-8-19(18)37-11-16-5-2-1-3-6-16)39-26(23(22)35)33-15-30-21-24(28-14-29-25(21)33)31-17-9-10-36-12-17/h1-3,5-6,14-15,17-20,22-23,26,34-35H,4,7-13H2,(H,32,40)(H,28,29,31)/t17-,18-,19-,20-,22-,23-,26?/m1/s1. The molecule has 6 rings (SSSR count). The van der Waals surface area contributed by atoms with E-state index in [1.54, 1.807) is 4.57 Å². The lowest BCUT2D eigenvalue weighted by molar-refractivity contribution is -0.0494. The van der Waals surface area contributed by atoms with Crippen LogP contribution in [0.3, 0.4) is 0 Å². The van der Waals surface area contributed by atoms with E-state index in [9.17, 15) is 10.2 Å². The fourth-order valence-corrected chi connectivity index (χ4v) is 5.72. The molecule has 3 aromatic rings. The molecule has 214 valence electrons. The minimum absolute atomic E-state index is 0.0263. The van der Waals surface area contributed by atoms with Gasteiger partial charge in [0, 0.05) is 6.61 Å². The number of aliphatic hydroxyl groups is 2. The summed E-state index contributed by atoms with van der Waals surface area (Å²) in [5.41, 5.74) is 2.15. The van der Waals surface area contributed by atoms with Gasteiger partial charge in [-0.25, -0.2) is 15.0 Å². The van der Waals surface area contributed by atoms with E-state index in [4.69, 9.17) is 31.2 Å². The van der Waals surface area contributed by atoms with Crippen molar-refractivity contribution in [1.29, 1.82) is 0 Å². The molecule has 3 aliphatic rings. The van der Waals surface area contributed by atoms with E-state index in [1.807, 2.05) is 30.3 Å². The van der Waals surface area contributed by atoms with Gasteiger partial charge in [0.05, 0.1) is 37.7 Å². The zero-order valence-corrected chi connectivity index (χ0v) is 22.8. The van der Waals surface area contributed by atoms with Crippen LogP contribution in [0.5, 0.6) is 0 Å². The van der Waals surface area contributed by atoms with Crippen LogP contribution >= 0.6 is 12.2 Å². The van der Waals surface area contributed by atoms with E-state index >= 15 is 0 Å². The number of ether oxygens (including phenoxy) is 4. The van der Waals surface area contributed by atoms with Gasteiger partial charge in [0.15, 0.2) is 23.2 Å². The quantitative estimate of drug-likeness (QED) is 0.278. The predicted molar refractivity (Wildman–Crippen MR) is 148 cm³/mol. The van der Waals surface area contributed by atoms with Gasteiger partial charge in [-0.1, -0.05) is 30.3 Å². The minimum Gasteiger partial charge on any atom is -0.468 e. The first-order valence-electron chi connectivity index (χ1n) is 13.7. The molecule has 40 heavy (non-hydrogen) atoms. The van der Waals surface area contributed by atoms with Gasteiger partial charge in [-0.2, -0.15) is 0 Å². The van der Waals surface area contributed by atoms with Crippen LogP contribution in [0.4, 0.5) is 5.82 Å². The van der Waals surface area contributed by atoms with Crippen molar-refractivity contribution in [3.63, 3.8) is 0 Å². The third-order valence-corrected chi connectivity index (χ3v) is 7.92. The van der Waals surface area contributed by atoms with Gasteiger partial charge in [-0.15, -0.1) is 0 Å². The number of thiocarbonyl (C=S) groups is 1. The van der Waals surface area contributed by atoms with Crippen molar-refractivity contribution in [2.24, 2.45) is 0 Å². The first kappa shape index (κ1) is 27.2. The van der Waals surface area contributed by atoms with E-state index < -0.39 is 24.5 Å². The summed E-state index contributed by atoms with van der Waals surface area (Å²) in [7, 11) is 0. The van der Waals surface area contributed by atoms with Crippen molar-refractivity contribution in [1.82, 2.24) is 24.8 Å². The molecule has 2 aromatic heterocycles. The Balaban J connectivity index is 1.03. The Kier molecular flexibility index (Phi) is 8.37. The molecule has 0 amide bonds. The Morgan fingerprint density at radius 3 is 2.80 bits per heavy atom. The number of aliphatic hydroxyl groups excluding tert-OH is 2. The Morgan fingerprint density at radius 1 is 1.10 bits per heavy atom. The number of hydrogen-bond donors (Lipinski definition) is 4. The minimum atomic E-state index is -1.22. The molecular weight excluding hydrogens is 536 g/mol. The maximum atomic E-state index is 10.8. The van der Waals surface area contributed by atoms with Crippen molar-refractivity contribution in [3.8, 4) is 0 Å². The largest absolute Gasteiger partial charge is 0.468 e. The molecule has 4 heterocycles. The fourth-order valence-electron chi connectivity index (χ4n) is 5.50. The highest BCUT2D eigenvalue weighted by Crippen LogP contribution is 2.33. The second kappa shape index (κ2) is 12.3. The first-order chi connectivity index (χ1) is 19.6. The highest BCUT2D eigenvalue weighted by atomic mass is 32.1. The molecule has 1 aromatic carbocycles. The zero-order valence-electron chi connectivity index (χ0n) is 22.0. The maximum Gasteiger partial charge on any atom is 0.257 e. The molecular formula is C27H34N6O6S. The van der Waals surface area contributed by atoms with Gasteiger partial charge in [-0.05, 0) is 43.5 Å². The van der Waals surface area contributed by atoms with Gasteiger partial charge in [0.25, 0.3) is 5.17 Å². The molecule has 0 spiro atoms. The van der Waals surface area contributed by atoms with Gasteiger partial charge in [-0.3, -0.25) is 4.57 Å². The molecule has 7 atom stereocenters. The van der Waals surface area contributed by atoms with Gasteiger partial charge >= 0.3 is 0 Å². The van der Waals surface area contributed by atoms with Crippen LogP contribution in [0.25, 0.3) is 11.2 Å². The second-order valence-corrected chi connectivity index (χ2v) is 10.8. The molecule has 13 heteroatoms. The van der Waals surface area contributed by atoms with Crippen LogP contribution in [-0.2, 0) is 25.6 Å². The van der Waals surface area contributed by atoms with Crippen molar-refractivity contribution in [2.45, 2.75) is 75.0 Å². The molecule has 12 nitrogen and oxygen atoms in total. The summed E-state index contributed by atoms with van der Waals surface area (Å²) in [5, 5.41) is 28.4. The number of rotatable bonds is 9. The number of benzene rings is 1. The second-order valence-electron chi connectivity index (χ2n) is 10.4. The van der Waals surface area contributed by atoms with Crippen LogP contribution in [0.15, 0.2) is 43.0 Å². The van der Waals surface area contributed by atoms with Crippen molar-refractivity contribution in [3.05, 3.63) is 48.5 Å². The molecule has 1 aliphatic carbocycles. The summed E-state index contributed by atoms with van der Waals surface area (Å²) in [6.07, 6.45) is 2.66. The van der Waals surface area contributed by atoms with Crippen LogP contribution < -0.4 is 10.6 Å². The molecule has 0 radical (unpaired) electrons. The molecule has 0 bridgehead atoms. The smallest absolute Gasteiger partial charge is 0.257 e. The zero-order chi connectivity index (χ0) is 27.5. The van der Waals surface area contributed by atoms with Gasteiger partial charge in [0.2, 0.25) is 0 Å². The molecule has 1 saturated carbocycles. The molecule has 2 saturated heterocycles. The maximum absolute atomic E-state index is 10.8. The number of imidazole rings is 1. The Labute approximate surface area is 237 Å². The molecule has 1 unspecified atom stereocenters. The van der Waals surface area contributed by atoms with E-state index in [1.165, 1.54) is 12.7 Å². The van der Waals surface area contributed by atoms with Crippen molar-refractivity contribution >= 4 is 34.4 Å². The molecule has 4 N–H and O–H groups in total. The number of hydrogen-bond acceptors (Lipinski definition) is 11. The molecule has 3 fully saturated rings. The normalized spacial score (nSPS) is 30.1. The summed E-state index contributed by atoms with van der Waals surface area (Å²) in [6, 6.07) is 10.3. The third kappa shape index (κ3) is 5.90. The average molecular weight is 571 g/mol. The van der Waals surface area contributed by atoms with E-state index in [2.05, 4.69) is 25.6 Å². The lowest BCUT2D eigenvalue weighted by Crippen LogP contribution is -2.42. The predicted octanol–water partition coefficient (Wildman–Crippen LogP) is 1.68. The Morgan fingerprint density at radius 2 is 1.98 bits per heavy atom. The lowest BCUT2D eigenvalue weighted by Gasteiger charge is -2.23. The number of nitrogens with zero attached hydrogens (tertiary/aromatic N) is 4. The number of fused-ring (bicyclic) bond motifs is 1. The number of nitrogens with one attached hydrogen (secondary N) is 2. The highest BCUT2D eigenvalue weighted by Gasteiger charge is 2.45. The average Bonchev–Trinajstić information content (AvgIpc) is 3.77. The Bertz CT molecular complexity index is 1290. The summed E-state index contributed by atoms with van der Waals surface area (Å²) in [5.74, 6) is 0.585. The van der Waals surface area contributed by atoms with Gasteiger partial charge in [0.1, 0.15) is 31.2 Å². The molecule has 2 aliphatic heterocycles. The van der Waals surface area contributed by atoms with E-state index in [0.29, 0.717) is 36.8 Å². The van der Waals surface area contributed by atoms with E-state index in [0.717, 1.165) is 31.2 Å². The summed E-state index contributed by atoms with van der Waals surface area (Å²) < 4.78 is 25.0.